The summed E-state index contributed by atoms with van der Waals surface area (Å²) in [6.45, 7) is 0.665. The smallest absolute Gasteiger partial charge is 0.253 e. The molecule has 0 unspecified atom stereocenters. The SMILES string of the molecule is O=C(c1ccc(-c2nc(C(Cl)(Cl)Cl)nc(C(Cl)(Cl)Cl)n2)c(Cl)c1)N(CCCl)CCCl. The summed E-state index contributed by atoms with van der Waals surface area (Å²) in [6.07, 6.45) is 0. The quantitative estimate of drug-likeness (QED) is 0.347. The van der Waals surface area contributed by atoms with E-state index in [0.29, 0.717) is 24.2 Å². The Morgan fingerprint density at radius 1 is 0.867 bits per heavy atom. The first-order valence-electron chi connectivity index (χ1n) is 8.00. The minimum Gasteiger partial charge on any atom is -0.336 e. The fourth-order valence-electron chi connectivity index (χ4n) is 2.28. The van der Waals surface area contributed by atoms with Crippen LogP contribution in [0.1, 0.15) is 22.0 Å². The second-order valence-electron chi connectivity index (χ2n) is 5.67. The Hall–Kier alpha value is 0.310. The van der Waals surface area contributed by atoms with Crippen molar-refractivity contribution in [2.75, 3.05) is 24.8 Å². The number of carbonyl (C=O) groups is 1. The lowest BCUT2D eigenvalue weighted by Gasteiger charge is -2.21. The summed E-state index contributed by atoms with van der Waals surface area (Å²) in [5.74, 6) is -0.284. The van der Waals surface area contributed by atoms with Gasteiger partial charge in [-0.2, -0.15) is 0 Å². The van der Waals surface area contributed by atoms with E-state index in [4.69, 9.17) is 104 Å². The normalized spacial score (nSPS) is 12.2. The van der Waals surface area contributed by atoms with Crippen LogP contribution in [0.15, 0.2) is 18.2 Å². The molecule has 14 heteroatoms. The van der Waals surface area contributed by atoms with Crippen LogP contribution in [0.3, 0.4) is 0 Å². The van der Waals surface area contributed by atoms with Gasteiger partial charge in [-0.05, 0) is 18.2 Å². The van der Waals surface area contributed by atoms with Crippen molar-refractivity contribution in [3.63, 3.8) is 0 Å². The summed E-state index contributed by atoms with van der Waals surface area (Å²) < 4.78 is -4.01. The van der Waals surface area contributed by atoms with Crippen LogP contribution in [0.25, 0.3) is 11.4 Å². The summed E-state index contributed by atoms with van der Waals surface area (Å²) in [6, 6.07) is 4.50. The molecule has 0 atom stereocenters. The van der Waals surface area contributed by atoms with E-state index in [1.807, 2.05) is 0 Å². The molecule has 5 nitrogen and oxygen atoms in total. The summed E-state index contributed by atoms with van der Waals surface area (Å²) in [7, 11) is 0. The van der Waals surface area contributed by atoms with E-state index in [9.17, 15) is 4.79 Å². The standard InChI is InChI=1S/C16H11Cl9N4O/c17-3-5-29(6-4-18)12(30)8-1-2-9(10(19)7-8)11-26-13(15(20,21)22)28-14(27-11)16(23,24)25/h1-2,7H,3-6H2. The highest BCUT2D eigenvalue weighted by Gasteiger charge is 2.34. The molecule has 2 aromatic rings. The van der Waals surface area contributed by atoms with Crippen LogP contribution in [-0.2, 0) is 7.59 Å². The largest absolute Gasteiger partial charge is 0.336 e. The van der Waals surface area contributed by atoms with Gasteiger partial charge in [0.25, 0.3) is 5.91 Å². The van der Waals surface area contributed by atoms with Crippen LogP contribution in [0.4, 0.5) is 0 Å². The van der Waals surface area contributed by atoms with Gasteiger partial charge in [-0.25, -0.2) is 15.0 Å². The molecule has 0 saturated heterocycles. The fraction of sp³-hybridized carbons (Fsp3) is 0.375. The van der Waals surface area contributed by atoms with Crippen LogP contribution in [0.2, 0.25) is 5.02 Å². The third kappa shape index (κ3) is 6.90. The maximum absolute atomic E-state index is 12.7. The predicted molar refractivity (Wildman–Crippen MR) is 126 cm³/mol. The van der Waals surface area contributed by atoms with Crippen molar-refractivity contribution in [2.45, 2.75) is 7.59 Å². The Bertz CT molecular complexity index is 876. The van der Waals surface area contributed by atoms with Crippen molar-refractivity contribution in [3.8, 4) is 11.4 Å². The van der Waals surface area contributed by atoms with Gasteiger partial charge in [0.1, 0.15) is 0 Å². The lowest BCUT2D eigenvalue weighted by Crippen LogP contribution is -2.34. The number of benzene rings is 1. The fourth-order valence-corrected chi connectivity index (χ4v) is 3.46. The van der Waals surface area contributed by atoms with Crippen molar-refractivity contribution < 1.29 is 4.79 Å². The number of hydrogen-bond acceptors (Lipinski definition) is 4. The van der Waals surface area contributed by atoms with Crippen molar-refractivity contribution in [1.82, 2.24) is 19.9 Å². The number of rotatable bonds is 6. The number of amides is 1. The lowest BCUT2D eigenvalue weighted by atomic mass is 10.1. The predicted octanol–water partition coefficient (Wildman–Crippen LogP) is 6.77. The Kier molecular flexibility index (Phi) is 9.70. The third-order valence-electron chi connectivity index (χ3n) is 3.60. The van der Waals surface area contributed by atoms with Crippen molar-refractivity contribution in [2.24, 2.45) is 0 Å². The van der Waals surface area contributed by atoms with Gasteiger partial charge in [0, 0.05) is 36.0 Å². The minimum atomic E-state index is -2.01. The zero-order valence-corrected chi connectivity index (χ0v) is 21.5. The van der Waals surface area contributed by atoms with E-state index in [2.05, 4.69) is 15.0 Å². The first-order chi connectivity index (χ1) is 13.9. The van der Waals surface area contributed by atoms with Gasteiger partial charge in [-0.1, -0.05) is 81.2 Å². The Balaban J connectivity index is 2.51. The number of carbonyl (C=O) groups excluding carboxylic acids is 1. The first-order valence-corrected chi connectivity index (χ1v) is 11.7. The topological polar surface area (TPSA) is 59.0 Å². The number of aromatic nitrogens is 3. The minimum absolute atomic E-state index is 0.00461. The van der Waals surface area contributed by atoms with Crippen molar-refractivity contribution >= 4 is 110 Å². The van der Waals surface area contributed by atoms with Gasteiger partial charge >= 0.3 is 0 Å². The summed E-state index contributed by atoms with van der Waals surface area (Å²) in [5.41, 5.74) is 0.624. The molecule has 2 rings (SSSR count). The van der Waals surface area contributed by atoms with E-state index in [1.54, 1.807) is 0 Å². The van der Waals surface area contributed by atoms with E-state index >= 15 is 0 Å². The molecule has 1 amide bonds. The molecule has 0 radical (unpaired) electrons. The van der Waals surface area contributed by atoms with Crippen LogP contribution in [-0.4, -0.2) is 50.6 Å². The lowest BCUT2D eigenvalue weighted by molar-refractivity contribution is 0.0775. The first kappa shape index (κ1) is 26.6. The second-order valence-corrected chi connectivity index (χ2v) is 11.4. The van der Waals surface area contributed by atoms with Crippen LogP contribution in [0.5, 0.6) is 0 Å². The van der Waals surface area contributed by atoms with E-state index in [0.717, 1.165) is 0 Å². The molecule has 30 heavy (non-hydrogen) atoms. The highest BCUT2D eigenvalue weighted by molar-refractivity contribution is 6.67. The molecule has 164 valence electrons. The van der Waals surface area contributed by atoms with Gasteiger partial charge < -0.3 is 4.90 Å². The Labute approximate surface area is 217 Å². The highest BCUT2D eigenvalue weighted by Crippen LogP contribution is 2.41. The Morgan fingerprint density at radius 3 is 1.77 bits per heavy atom. The average molecular weight is 594 g/mol. The van der Waals surface area contributed by atoms with Gasteiger partial charge in [0.15, 0.2) is 17.5 Å². The van der Waals surface area contributed by atoms with E-state index < -0.39 is 7.59 Å². The number of alkyl halides is 8. The molecular weight excluding hydrogens is 583 g/mol. The number of nitrogens with zero attached hydrogens (tertiary/aromatic N) is 4. The van der Waals surface area contributed by atoms with Crippen LogP contribution < -0.4 is 0 Å². The zero-order chi connectivity index (χ0) is 22.7. The van der Waals surface area contributed by atoms with Crippen LogP contribution in [0, 0.1) is 0 Å². The molecule has 0 saturated carbocycles. The van der Waals surface area contributed by atoms with Crippen molar-refractivity contribution in [1.29, 1.82) is 0 Å². The average Bonchev–Trinajstić information content (AvgIpc) is 2.65. The van der Waals surface area contributed by atoms with Gasteiger partial charge in [0.2, 0.25) is 7.59 Å². The summed E-state index contributed by atoms with van der Waals surface area (Å²) in [5, 5.41) is 0.147. The summed E-state index contributed by atoms with van der Waals surface area (Å²) >= 11 is 53.2. The van der Waals surface area contributed by atoms with Gasteiger partial charge in [-0.3, -0.25) is 4.79 Å². The maximum atomic E-state index is 12.7. The molecule has 1 heterocycles. The molecule has 0 aliphatic rings. The monoisotopic (exact) mass is 590 g/mol. The molecule has 0 bridgehead atoms. The zero-order valence-electron chi connectivity index (χ0n) is 14.7. The van der Waals surface area contributed by atoms with Gasteiger partial charge in [-0.15, -0.1) is 23.2 Å². The van der Waals surface area contributed by atoms with Gasteiger partial charge in [0.05, 0.1) is 5.02 Å². The van der Waals surface area contributed by atoms with Crippen molar-refractivity contribution in [3.05, 3.63) is 40.4 Å². The number of halogens is 9. The molecule has 1 aromatic heterocycles. The molecule has 0 aliphatic heterocycles. The molecule has 1 aromatic carbocycles. The van der Waals surface area contributed by atoms with E-state index in [-0.39, 0.29) is 40.2 Å². The molecular formula is C16H11Cl9N4O. The van der Waals surface area contributed by atoms with Crippen LogP contribution >= 0.6 is 104 Å². The second kappa shape index (κ2) is 11.0. The third-order valence-corrected chi connectivity index (χ3v) is 5.26. The highest BCUT2D eigenvalue weighted by atomic mass is 35.6. The number of hydrogen-bond donors (Lipinski definition) is 0. The molecule has 0 N–H and O–H groups in total. The Morgan fingerprint density at radius 2 is 1.37 bits per heavy atom. The molecule has 0 spiro atoms. The van der Waals surface area contributed by atoms with E-state index in [1.165, 1.54) is 23.1 Å². The summed E-state index contributed by atoms with van der Waals surface area (Å²) in [4.78, 5) is 26.3. The molecule has 0 fully saturated rings. The maximum Gasteiger partial charge on any atom is 0.253 e. The molecule has 0 aliphatic carbocycles.